The molecular weight excluding hydrogens is 444 g/mol. The molecule has 30 heavy (non-hydrogen) atoms. The Kier molecular flexibility index (Phi) is 5.46. The number of nitrogens with one attached hydrogen (secondary N) is 1. The van der Waals surface area contributed by atoms with Gasteiger partial charge in [0.25, 0.3) is 5.56 Å². The van der Waals surface area contributed by atoms with Crippen LogP contribution in [0.3, 0.4) is 0 Å². The Hall–Kier alpha value is -1.89. The fourth-order valence-corrected chi connectivity index (χ4v) is 4.73. The van der Waals surface area contributed by atoms with Gasteiger partial charge in [-0.1, -0.05) is 0 Å². The number of fused-ring (bicyclic) bond motifs is 1. The summed E-state index contributed by atoms with van der Waals surface area (Å²) in [6.45, 7) is -0.291. The van der Waals surface area contributed by atoms with Gasteiger partial charge in [-0.3, -0.25) is 23.4 Å². The zero-order valence-corrected chi connectivity index (χ0v) is 16.8. The molecule has 1 aromatic carbocycles. The molecule has 0 bridgehead atoms. The first-order chi connectivity index (χ1) is 14.1. The summed E-state index contributed by atoms with van der Waals surface area (Å²) in [7, 11) is 1.40. The first-order valence-electron chi connectivity index (χ1n) is 8.67. The number of ether oxygens (including phenoxy) is 1. The molecular formula is C16H14BF2N2O7PS. The molecule has 2 aromatic rings. The molecule has 1 aromatic heterocycles. The number of nitrogens with zero attached hydrogens (tertiary/aromatic N) is 1. The lowest BCUT2D eigenvalue weighted by molar-refractivity contribution is -0.176. The van der Waals surface area contributed by atoms with Gasteiger partial charge >= 0.3 is 7.82 Å². The molecule has 2 radical (unpaired) electrons. The Morgan fingerprint density at radius 1 is 1.40 bits per heavy atom. The van der Waals surface area contributed by atoms with Crippen LogP contribution < -0.4 is 10.1 Å². The molecule has 4 atom stereocenters. The molecule has 1 fully saturated rings. The lowest BCUT2D eigenvalue weighted by Crippen LogP contribution is -2.45. The second-order valence-electron chi connectivity index (χ2n) is 6.71. The number of aromatic amines is 1. The van der Waals surface area contributed by atoms with Crippen LogP contribution in [0.5, 0.6) is 5.75 Å². The van der Waals surface area contributed by atoms with Crippen molar-refractivity contribution < 1.29 is 36.8 Å². The van der Waals surface area contributed by atoms with Crippen LogP contribution in [0, 0.1) is 16.4 Å². The van der Waals surface area contributed by atoms with Crippen molar-refractivity contribution in [2.45, 2.75) is 37.5 Å². The molecule has 9 nitrogen and oxygen atoms in total. The summed E-state index contributed by atoms with van der Waals surface area (Å²) in [5.41, 5.74) is -3.28. The van der Waals surface area contributed by atoms with Crippen LogP contribution in [0.4, 0.5) is 8.78 Å². The lowest BCUT2D eigenvalue weighted by atomic mass is 9.88. The van der Waals surface area contributed by atoms with Crippen molar-refractivity contribution in [1.82, 2.24) is 9.55 Å². The van der Waals surface area contributed by atoms with Crippen LogP contribution in [0.1, 0.15) is 24.6 Å². The van der Waals surface area contributed by atoms with Crippen LogP contribution in [0.25, 0.3) is 0 Å². The van der Waals surface area contributed by atoms with E-state index in [1.165, 1.54) is 6.07 Å². The third kappa shape index (κ3) is 4.14. The molecule has 4 rings (SSSR count). The highest BCUT2D eigenvalue weighted by Gasteiger charge is 2.48. The molecule has 0 aliphatic carbocycles. The summed E-state index contributed by atoms with van der Waals surface area (Å²) < 4.78 is 61.5. The molecule has 2 aliphatic rings. The predicted molar refractivity (Wildman–Crippen MR) is 100 cm³/mol. The monoisotopic (exact) mass is 458 g/mol. The third-order valence-electron chi connectivity index (χ3n) is 4.56. The summed E-state index contributed by atoms with van der Waals surface area (Å²) in [4.78, 5) is 13.4. The summed E-state index contributed by atoms with van der Waals surface area (Å²) in [5, 5.41) is 10.5. The van der Waals surface area contributed by atoms with Gasteiger partial charge in [-0.15, -0.1) is 0 Å². The van der Waals surface area contributed by atoms with E-state index in [2.05, 4.69) is 4.98 Å². The van der Waals surface area contributed by atoms with Gasteiger partial charge in [0.2, 0.25) is 5.82 Å². The highest BCUT2D eigenvalue weighted by Crippen LogP contribution is 2.57. The summed E-state index contributed by atoms with van der Waals surface area (Å²) in [6.07, 6.45) is -0.878. The van der Waals surface area contributed by atoms with E-state index in [-0.39, 0.29) is 30.0 Å². The number of phosphoric acid groups is 1. The van der Waals surface area contributed by atoms with Gasteiger partial charge < -0.3 is 14.4 Å². The molecule has 158 valence electrons. The highest BCUT2D eigenvalue weighted by atomic mass is 32.1. The number of halogens is 2. The van der Waals surface area contributed by atoms with Crippen LogP contribution in [0.2, 0.25) is 0 Å². The fraction of sp³-hybridized carbons (Fsp3) is 0.375. The standard InChI is InChI=1S/C16H14BF2N2O7PS/c17-16(23,28-29(24)25-7-8-5-9(18)1-2-11(8)27-29)12-3-4-13(26-12)21-6-10(19)14(22)20-15(21)30/h1-2,5-6,12-13,23H,3-4,7H2,(H,20,22,30). The first kappa shape index (κ1) is 21.4. The van der Waals surface area contributed by atoms with E-state index in [1.54, 1.807) is 0 Å². The zero-order chi connectivity index (χ0) is 21.7. The van der Waals surface area contributed by atoms with Gasteiger partial charge in [-0.2, -0.15) is 4.39 Å². The van der Waals surface area contributed by atoms with Crippen LogP contribution in [-0.4, -0.2) is 34.3 Å². The molecule has 2 N–H and O–H groups in total. The van der Waals surface area contributed by atoms with E-state index in [1.807, 2.05) is 0 Å². The number of H-pyrrole nitrogens is 1. The van der Waals surface area contributed by atoms with Crippen LogP contribution >= 0.6 is 20.0 Å². The van der Waals surface area contributed by atoms with Crippen molar-refractivity contribution in [3.8, 4) is 5.75 Å². The summed E-state index contributed by atoms with van der Waals surface area (Å²) in [5.74, 6) is -1.54. The number of rotatable bonds is 4. The lowest BCUT2D eigenvalue weighted by Gasteiger charge is -2.34. The first-order valence-corrected chi connectivity index (χ1v) is 10.5. The molecule has 1 saturated heterocycles. The van der Waals surface area contributed by atoms with Gasteiger partial charge in [-0.05, 0) is 43.3 Å². The van der Waals surface area contributed by atoms with Crippen molar-refractivity contribution in [1.29, 1.82) is 0 Å². The topological polar surface area (TPSA) is 112 Å². The van der Waals surface area contributed by atoms with E-state index in [0.29, 0.717) is 5.56 Å². The SMILES string of the molecule is [B]C(O)(OP1(=O)OCc2cc(F)ccc2O1)C1CCC(n2cc(F)c(=O)[nH]c2=S)O1. The molecule has 0 spiro atoms. The van der Waals surface area contributed by atoms with Gasteiger partial charge in [0.05, 0.1) is 12.8 Å². The second-order valence-corrected chi connectivity index (χ2v) is 8.61. The van der Waals surface area contributed by atoms with Crippen molar-refractivity contribution in [3.63, 3.8) is 0 Å². The molecule has 0 saturated carbocycles. The normalized spacial score (nSPS) is 27.8. The second kappa shape index (κ2) is 7.67. The quantitative estimate of drug-likeness (QED) is 0.311. The predicted octanol–water partition coefficient (Wildman–Crippen LogP) is 2.41. The van der Waals surface area contributed by atoms with E-state index in [4.69, 9.17) is 38.4 Å². The van der Waals surface area contributed by atoms with Gasteiger partial charge in [0.15, 0.2) is 18.3 Å². The number of aliphatic hydroxyl groups is 1. The van der Waals surface area contributed by atoms with E-state index < -0.39 is 43.0 Å². The highest BCUT2D eigenvalue weighted by molar-refractivity contribution is 7.71. The van der Waals surface area contributed by atoms with Crippen molar-refractivity contribution in [2.24, 2.45) is 0 Å². The maximum absolute atomic E-state index is 13.6. The fourth-order valence-electron chi connectivity index (χ4n) is 3.13. The van der Waals surface area contributed by atoms with Crippen LogP contribution in [-0.2, 0) is 25.0 Å². The minimum absolute atomic E-state index is 0.0574. The zero-order valence-electron chi connectivity index (χ0n) is 15.1. The van der Waals surface area contributed by atoms with Gasteiger partial charge in [0.1, 0.15) is 23.9 Å². The Labute approximate surface area is 174 Å². The number of hydrogen-bond acceptors (Lipinski definition) is 8. The van der Waals surface area contributed by atoms with Crippen molar-refractivity contribution >= 4 is 27.9 Å². The van der Waals surface area contributed by atoms with Crippen molar-refractivity contribution in [2.75, 3.05) is 0 Å². The molecule has 3 heterocycles. The molecule has 14 heteroatoms. The van der Waals surface area contributed by atoms with Gasteiger partial charge in [-0.25, -0.2) is 8.96 Å². The maximum atomic E-state index is 13.6. The number of aromatic nitrogens is 2. The molecule has 0 amide bonds. The molecule has 4 unspecified atom stereocenters. The third-order valence-corrected chi connectivity index (χ3v) is 6.26. The average molecular weight is 458 g/mol. The van der Waals surface area contributed by atoms with E-state index in [9.17, 15) is 23.2 Å². The van der Waals surface area contributed by atoms with Crippen molar-refractivity contribution in [3.05, 3.63) is 56.7 Å². The smallest absolute Gasteiger partial charge is 0.404 e. The average Bonchev–Trinajstić information content (AvgIpc) is 3.15. The number of benzene rings is 1. The van der Waals surface area contributed by atoms with E-state index >= 15 is 0 Å². The Balaban J connectivity index is 1.49. The number of phosphoric ester groups is 1. The Morgan fingerprint density at radius 3 is 2.93 bits per heavy atom. The number of hydrogen-bond donors (Lipinski definition) is 2. The summed E-state index contributed by atoms with van der Waals surface area (Å²) >= 11 is 4.99. The largest absolute Gasteiger partial charge is 0.532 e. The Bertz CT molecular complexity index is 1160. The van der Waals surface area contributed by atoms with Gasteiger partial charge in [0, 0.05) is 5.56 Å². The summed E-state index contributed by atoms with van der Waals surface area (Å²) in [6, 6.07) is 3.49. The minimum Gasteiger partial charge on any atom is -0.404 e. The van der Waals surface area contributed by atoms with E-state index in [0.717, 1.165) is 22.9 Å². The maximum Gasteiger partial charge on any atom is 0.532 e. The Morgan fingerprint density at radius 2 is 2.17 bits per heavy atom. The van der Waals surface area contributed by atoms with Crippen LogP contribution in [0.15, 0.2) is 29.2 Å². The minimum atomic E-state index is -4.36. The molecule has 2 aliphatic heterocycles.